The van der Waals surface area contributed by atoms with Crippen molar-refractivity contribution < 1.29 is 19.7 Å². The summed E-state index contributed by atoms with van der Waals surface area (Å²) in [4.78, 5) is 0. The Morgan fingerprint density at radius 3 is 1.09 bits per heavy atom. The minimum atomic E-state index is -0.0735. The van der Waals surface area contributed by atoms with Crippen LogP contribution in [0.15, 0.2) is 267 Å². The van der Waals surface area contributed by atoms with Gasteiger partial charge in [0, 0.05) is 11.1 Å². The molecule has 14 rings (SSSR count). The Labute approximate surface area is 451 Å². The molecule has 0 radical (unpaired) electrons. The Bertz CT molecular complexity index is 4330. The van der Waals surface area contributed by atoms with Crippen LogP contribution in [-0.2, 0) is 13.2 Å². The number of aliphatic hydroxyl groups is 2. The van der Waals surface area contributed by atoms with E-state index >= 15 is 0 Å². The van der Waals surface area contributed by atoms with E-state index in [-0.39, 0.29) is 13.2 Å². The molecule has 370 valence electrons. The lowest BCUT2D eigenvalue weighted by atomic mass is 9.89. The van der Waals surface area contributed by atoms with Crippen molar-refractivity contribution in [3.8, 4) is 78.6 Å². The molecule has 4 heteroatoms. The first-order chi connectivity index (χ1) is 38.5. The van der Waals surface area contributed by atoms with Crippen LogP contribution >= 0.6 is 0 Å². The fourth-order valence-electron chi connectivity index (χ4n) is 11.7. The molecule has 0 saturated carbocycles. The van der Waals surface area contributed by atoms with Crippen molar-refractivity contribution in [1.82, 2.24) is 0 Å². The second-order valence-corrected chi connectivity index (χ2v) is 20.1. The largest absolute Gasteiger partial charge is 0.457 e. The van der Waals surface area contributed by atoms with Crippen LogP contribution < -0.4 is 9.47 Å². The first-order valence-electron chi connectivity index (χ1n) is 26.5. The quantitative estimate of drug-likeness (QED) is 0.136. The maximum atomic E-state index is 10.5. The van der Waals surface area contributed by atoms with Gasteiger partial charge in [0.05, 0.1) is 13.2 Å². The van der Waals surface area contributed by atoms with Gasteiger partial charge in [0.25, 0.3) is 0 Å². The first-order valence-corrected chi connectivity index (χ1v) is 26.5. The Balaban J connectivity index is 0.988. The number of rotatable bonds is 11. The molecule has 0 aliphatic heterocycles. The van der Waals surface area contributed by atoms with Gasteiger partial charge in [0.1, 0.15) is 23.0 Å². The van der Waals surface area contributed by atoms with Gasteiger partial charge in [-0.2, -0.15) is 0 Å². The zero-order valence-corrected chi connectivity index (χ0v) is 42.5. The Morgan fingerprint density at radius 2 is 0.641 bits per heavy atom. The summed E-state index contributed by atoms with van der Waals surface area (Å²) < 4.78 is 14.7. The molecule has 0 amide bonds. The van der Waals surface area contributed by atoms with Crippen LogP contribution in [0.3, 0.4) is 0 Å². The number of aliphatic hydroxyl groups excluding tert-OH is 2. The molecule has 0 fully saturated rings. The van der Waals surface area contributed by atoms with Crippen molar-refractivity contribution in [2.24, 2.45) is 0 Å². The van der Waals surface area contributed by atoms with Crippen LogP contribution in [0.4, 0.5) is 0 Å². The fraction of sp³-hybridized carbons (Fsp3) is 0.0270. The summed E-state index contributed by atoms with van der Waals surface area (Å²) in [5.41, 5.74) is 12.2. The summed E-state index contributed by atoms with van der Waals surface area (Å²) >= 11 is 0. The summed E-state index contributed by atoms with van der Waals surface area (Å²) in [6.45, 7) is -0.147. The molecular weight excluding hydrogens is 953 g/mol. The van der Waals surface area contributed by atoms with Gasteiger partial charge in [-0.05, 0) is 193 Å². The Morgan fingerprint density at radius 1 is 0.244 bits per heavy atom. The molecule has 0 unspecified atom stereocenters. The van der Waals surface area contributed by atoms with Crippen LogP contribution in [0.1, 0.15) is 11.1 Å². The highest BCUT2D eigenvalue weighted by molar-refractivity contribution is 6.12. The third-order valence-electron chi connectivity index (χ3n) is 15.4. The maximum absolute atomic E-state index is 10.5. The molecule has 0 saturated heterocycles. The van der Waals surface area contributed by atoms with Gasteiger partial charge in [0.15, 0.2) is 0 Å². The molecule has 0 aliphatic carbocycles. The highest BCUT2D eigenvalue weighted by Gasteiger charge is 2.23. The second-order valence-electron chi connectivity index (χ2n) is 20.1. The van der Waals surface area contributed by atoms with Gasteiger partial charge in [0.2, 0.25) is 0 Å². The Kier molecular flexibility index (Phi) is 11.8. The van der Waals surface area contributed by atoms with E-state index < -0.39 is 0 Å². The lowest BCUT2D eigenvalue weighted by molar-refractivity contribution is 0.282. The minimum absolute atomic E-state index is 0.0735. The molecule has 4 nitrogen and oxygen atoms in total. The summed E-state index contributed by atoms with van der Waals surface area (Å²) in [7, 11) is 0. The predicted octanol–water partition coefficient (Wildman–Crippen LogP) is 19.5. The molecular formula is C74H50O4. The zero-order valence-electron chi connectivity index (χ0n) is 42.5. The maximum Gasteiger partial charge on any atom is 0.136 e. The zero-order chi connectivity index (χ0) is 52.1. The summed E-state index contributed by atoms with van der Waals surface area (Å²) in [5.74, 6) is 2.69. The minimum Gasteiger partial charge on any atom is -0.457 e. The third-order valence-corrected chi connectivity index (χ3v) is 15.4. The lowest BCUT2D eigenvalue weighted by Gasteiger charge is -2.21. The van der Waals surface area contributed by atoms with Crippen LogP contribution in [0.5, 0.6) is 23.0 Å². The number of benzene rings is 14. The van der Waals surface area contributed by atoms with E-state index in [9.17, 15) is 10.2 Å². The third kappa shape index (κ3) is 8.47. The second kappa shape index (κ2) is 19.7. The number of ether oxygens (including phenoxy) is 2. The van der Waals surface area contributed by atoms with E-state index in [0.717, 1.165) is 131 Å². The van der Waals surface area contributed by atoms with Crippen LogP contribution in [0.25, 0.3) is 120 Å². The van der Waals surface area contributed by atoms with Crippen molar-refractivity contribution in [3.63, 3.8) is 0 Å². The standard InChI is InChI=1S/C74H50O4/c75-45-47-37-55-25-31-59(43-67(55)69(39-47)65-23-11-19-51-17-7-9-21-61(51)65)77-71-35-29-57-41-53(49-13-3-1-4-14-49)27-33-63(57)73(71)74-64-34-28-54(50-15-5-2-6-16-50)42-58(64)30-36-72(74)78-60-32-26-56-38-48(46-76)40-70(68(56)44-60)66-24-12-20-52-18-8-10-22-62(52)66/h1-44,75-76H,45-46H2. The van der Waals surface area contributed by atoms with Crippen molar-refractivity contribution in [2.45, 2.75) is 13.2 Å². The SMILES string of the molecule is OCc1cc(-c2cccc3ccccc23)c2cc(Oc3ccc4cc(-c5ccccc5)ccc4c3-c3c(Oc4ccc5cc(CO)cc(-c6cccc7ccccc67)c5c4)ccc4cc(-c5ccccc5)ccc34)ccc2c1. The topological polar surface area (TPSA) is 58.9 Å². The molecule has 78 heavy (non-hydrogen) atoms. The van der Waals surface area contributed by atoms with Crippen molar-refractivity contribution >= 4 is 64.6 Å². The molecule has 0 atom stereocenters. The predicted molar refractivity (Wildman–Crippen MR) is 324 cm³/mol. The highest BCUT2D eigenvalue weighted by atomic mass is 16.5. The first kappa shape index (κ1) is 46.7. The molecule has 0 aliphatic rings. The lowest BCUT2D eigenvalue weighted by Crippen LogP contribution is -1.96. The van der Waals surface area contributed by atoms with Gasteiger partial charge in [-0.25, -0.2) is 0 Å². The van der Waals surface area contributed by atoms with Gasteiger partial charge < -0.3 is 19.7 Å². The van der Waals surface area contributed by atoms with Crippen LogP contribution in [0, 0.1) is 0 Å². The smallest absolute Gasteiger partial charge is 0.136 e. The van der Waals surface area contributed by atoms with E-state index in [4.69, 9.17) is 9.47 Å². The summed E-state index contributed by atoms with van der Waals surface area (Å²) in [6.07, 6.45) is 0. The average Bonchev–Trinajstić information content (AvgIpc) is 3.58. The fourth-order valence-corrected chi connectivity index (χ4v) is 11.7. The molecule has 0 bridgehead atoms. The molecule has 14 aromatic rings. The molecule has 0 heterocycles. The molecule has 0 spiro atoms. The van der Waals surface area contributed by atoms with Crippen molar-refractivity contribution in [1.29, 1.82) is 0 Å². The highest BCUT2D eigenvalue weighted by Crippen LogP contribution is 2.50. The monoisotopic (exact) mass is 1000 g/mol. The van der Waals surface area contributed by atoms with E-state index in [2.05, 4.69) is 243 Å². The van der Waals surface area contributed by atoms with E-state index in [1.165, 1.54) is 0 Å². The Hall–Kier alpha value is -9.84. The number of hydrogen-bond acceptors (Lipinski definition) is 4. The van der Waals surface area contributed by atoms with Crippen LogP contribution in [0.2, 0.25) is 0 Å². The molecule has 2 N–H and O–H groups in total. The van der Waals surface area contributed by atoms with E-state index in [1.807, 2.05) is 24.3 Å². The van der Waals surface area contributed by atoms with E-state index in [0.29, 0.717) is 23.0 Å². The van der Waals surface area contributed by atoms with Gasteiger partial charge in [-0.3, -0.25) is 0 Å². The average molecular weight is 1000 g/mol. The summed E-state index contributed by atoms with van der Waals surface area (Å²) in [5, 5.41) is 33.8. The van der Waals surface area contributed by atoms with Crippen molar-refractivity contribution in [2.75, 3.05) is 0 Å². The molecule has 14 aromatic carbocycles. The van der Waals surface area contributed by atoms with Crippen LogP contribution in [-0.4, -0.2) is 10.2 Å². The van der Waals surface area contributed by atoms with Gasteiger partial charge >= 0.3 is 0 Å². The summed E-state index contributed by atoms with van der Waals surface area (Å²) in [6, 6.07) is 93.5. The van der Waals surface area contributed by atoms with Gasteiger partial charge in [-0.1, -0.05) is 194 Å². The number of fused-ring (bicyclic) bond motifs is 6. The number of hydrogen-bond donors (Lipinski definition) is 2. The normalized spacial score (nSPS) is 11.6. The van der Waals surface area contributed by atoms with Crippen molar-refractivity contribution in [3.05, 3.63) is 278 Å². The van der Waals surface area contributed by atoms with E-state index in [1.54, 1.807) is 0 Å². The van der Waals surface area contributed by atoms with Gasteiger partial charge in [-0.15, -0.1) is 0 Å². The molecule has 0 aromatic heterocycles.